The van der Waals surface area contributed by atoms with E-state index in [-0.39, 0.29) is 0 Å². The van der Waals surface area contributed by atoms with Crippen molar-refractivity contribution in [3.8, 4) is 0 Å². The summed E-state index contributed by atoms with van der Waals surface area (Å²) in [6.45, 7) is 6.41. The van der Waals surface area contributed by atoms with Crippen LogP contribution in [0.2, 0.25) is 0 Å². The smallest absolute Gasteiger partial charge is 0.152 e. The number of thioether (sulfide) groups is 1. The van der Waals surface area contributed by atoms with Gasteiger partial charge in [-0.1, -0.05) is 13.3 Å². The van der Waals surface area contributed by atoms with E-state index in [2.05, 4.69) is 36.2 Å². The van der Waals surface area contributed by atoms with Crippen molar-refractivity contribution < 1.29 is 0 Å². The topological polar surface area (TPSA) is 63.8 Å². The molecular weight excluding hydrogens is 276 g/mol. The fraction of sp³-hybridized carbons (Fsp3) is 0.538. The Labute approximate surface area is 122 Å². The number of aromatic nitrogens is 2. The van der Waals surface area contributed by atoms with Gasteiger partial charge < -0.3 is 5.43 Å². The van der Waals surface area contributed by atoms with Gasteiger partial charge in [-0.25, -0.2) is 15.8 Å². The van der Waals surface area contributed by atoms with Crippen LogP contribution in [0.15, 0.2) is 0 Å². The van der Waals surface area contributed by atoms with E-state index in [0.29, 0.717) is 0 Å². The zero-order valence-corrected chi connectivity index (χ0v) is 13.2. The molecule has 0 bridgehead atoms. The molecule has 104 valence electrons. The van der Waals surface area contributed by atoms with E-state index in [0.717, 1.165) is 33.4 Å². The van der Waals surface area contributed by atoms with E-state index in [1.807, 2.05) is 11.8 Å². The molecular formula is C13H20N4S2. The van der Waals surface area contributed by atoms with Gasteiger partial charge in [-0.15, -0.1) is 11.3 Å². The van der Waals surface area contributed by atoms with Crippen LogP contribution in [0.3, 0.4) is 0 Å². The SMILES string of the molecule is CCCCSCc1nc(NN)c2c(C)c(C)sc2n1. The highest BCUT2D eigenvalue weighted by molar-refractivity contribution is 7.98. The molecule has 2 aromatic heterocycles. The van der Waals surface area contributed by atoms with Crippen molar-refractivity contribution in [1.29, 1.82) is 0 Å². The molecule has 0 saturated carbocycles. The van der Waals surface area contributed by atoms with E-state index in [1.165, 1.54) is 23.3 Å². The van der Waals surface area contributed by atoms with Gasteiger partial charge in [0.2, 0.25) is 0 Å². The predicted octanol–water partition coefficient (Wildman–Crippen LogP) is 3.63. The quantitative estimate of drug-likeness (QED) is 0.484. The molecule has 0 fully saturated rings. The van der Waals surface area contributed by atoms with Gasteiger partial charge in [0, 0.05) is 4.88 Å². The molecule has 2 heterocycles. The number of hydrogen-bond acceptors (Lipinski definition) is 6. The number of hydrazine groups is 1. The summed E-state index contributed by atoms with van der Waals surface area (Å²) in [5, 5.41) is 1.06. The van der Waals surface area contributed by atoms with Crippen LogP contribution < -0.4 is 11.3 Å². The fourth-order valence-electron chi connectivity index (χ4n) is 1.87. The standard InChI is InChI=1S/C13H20N4S2/c1-4-5-6-18-7-10-15-12(17-14)11-8(2)9(3)19-13(11)16-10/h4-7,14H2,1-3H3,(H,15,16,17). The van der Waals surface area contributed by atoms with Crippen LogP contribution in [0.1, 0.15) is 36.0 Å². The van der Waals surface area contributed by atoms with Crippen LogP contribution in [0.5, 0.6) is 0 Å². The lowest BCUT2D eigenvalue weighted by atomic mass is 10.2. The maximum Gasteiger partial charge on any atom is 0.152 e. The first kappa shape index (κ1) is 14.6. The van der Waals surface area contributed by atoms with Gasteiger partial charge in [-0.3, -0.25) is 0 Å². The van der Waals surface area contributed by atoms with Crippen LogP contribution in [0.25, 0.3) is 10.2 Å². The van der Waals surface area contributed by atoms with Crippen molar-refractivity contribution in [1.82, 2.24) is 9.97 Å². The van der Waals surface area contributed by atoms with Gasteiger partial charge in [-0.2, -0.15) is 11.8 Å². The Morgan fingerprint density at radius 1 is 1.32 bits per heavy atom. The number of nitrogens with zero attached hydrogens (tertiary/aromatic N) is 2. The zero-order valence-electron chi connectivity index (χ0n) is 11.6. The van der Waals surface area contributed by atoms with Gasteiger partial charge in [0.15, 0.2) is 5.82 Å². The Balaban J connectivity index is 2.27. The molecule has 0 aliphatic rings. The first-order valence-corrected chi connectivity index (χ1v) is 8.45. The van der Waals surface area contributed by atoms with Crippen molar-refractivity contribution in [3.05, 3.63) is 16.3 Å². The summed E-state index contributed by atoms with van der Waals surface area (Å²) in [4.78, 5) is 11.5. The molecule has 4 nitrogen and oxygen atoms in total. The zero-order chi connectivity index (χ0) is 13.8. The Morgan fingerprint density at radius 3 is 2.79 bits per heavy atom. The van der Waals surface area contributed by atoms with Crippen LogP contribution >= 0.6 is 23.1 Å². The normalized spacial score (nSPS) is 11.2. The molecule has 2 rings (SSSR count). The highest BCUT2D eigenvalue weighted by Crippen LogP contribution is 2.33. The minimum atomic E-state index is 0.748. The predicted molar refractivity (Wildman–Crippen MR) is 85.8 cm³/mol. The number of nitrogen functional groups attached to an aromatic ring is 1. The van der Waals surface area contributed by atoms with Crippen LogP contribution in [-0.2, 0) is 5.75 Å². The maximum atomic E-state index is 5.60. The third-order valence-electron chi connectivity index (χ3n) is 3.09. The molecule has 6 heteroatoms. The maximum absolute atomic E-state index is 5.60. The molecule has 0 spiro atoms. The fourth-order valence-corrected chi connectivity index (χ4v) is 3.87. The van der Waals surface area contributed by atoms with E-state index in [1.54, 1.807) is 11.3 Å². The number of rotatable bonds is 6. The van der Waals surface area contributed by atoms with Gasteiger partial charge >= 0.3 is 0 Å². The minimum Gasteiger partial charge on any atom is -0.308 e. The minimum absolute atomic E-state index is 0.748. The second-order valence-corrected chi connectivity index (χ2v) is 6.81. The van der Waals surface area contributed by atoms with Crippen molar-refractivity contribution in [2.75, 3.05) is 11.2 Å². The number of anilines is 1. The number of unbranched alkanes of at least 4 members (excludes halogenated alkanes) is 1. The highest BCUT2D eigenvalue weighted by atomic mass is 32.2. The Hall–Kier alpha value is -0.850. The Kier molecular flexibility index (Phi) is 5.01. The van der Waals surface area contributed by atoms with Gasteiger partial charge in [-0.05, 0) is 31.6 Å². The van der Waals surface area contributed by atoms with Crippen molar-refractivity contribution in [2.45, 2.75) is 39.4 Å². The summed E-state index contributed by atoms with van der Waals surface area (Å²) in [5.74, 6) is 9.22. The summed E-state index contributed by atoms with van der Waals surface area (Å²) >= 11 is 3.59. The van der Waals surface area contributed by atoms with E-state index in [9.17, 15) is 0 Å². The molecule has 0 saturated heterocycles. The first-order valence-electron chi connectivity index (χ1n) is 6.48. The van der Waals surface area contributed by atoms with E-state index in [4.69, 9.17) is 5.84 Å². The third kappa shape index (κ3) is 3.19. The second-order valence-electron chi connectivity index (χ2n) is 4.50. The van der Waals surface area contributed by atoms with Crippen LogP contribution in [-0.4, -0.2) is 15.7 Å². The average molecular weight is 296 g/mol. The van der Waals surface area contributed by atoms with Crippen LogP contribution in [0, 0.1) is 13.8 Å². The molecule has 2 aromatic rings. The first-order chi connectivity index (χ1) is 9.17. The number of hydrogen-bond donors (Lipinski definition) is 2. The molecule has 0 aromatic carbocycles. The van der Waals surface area contributed by atoms with E-state index >= 15 is 0 Å². The van der Waals surface area contributed by atoms with Crippen molar-refractivity contribution in [3.63, 3.8) is 0 Å². The van der Waals surface area contributed by atoms with Crippen molar-refractivity contribution >= 4 is 39.1 Å². The van der Waals surface area contributed by atoms with Gasteiger partial charge in [0.05, 0.1) is 11.1 Å². The Bertz CT molecular complexity index is 565. The lowest BCUT2D eigenvalue weighted by molar-refractivity contribution is 0.895. The highest BCUT2D eigenvalue weighted by Gasteiger charge is 2.13. The molecule has 0 amide bonds. The Morgan fingerprint density at radius 2 is 2.11 bits per heavy atom. The summed E-state index contributed by atoms with van der Waals surface area (Å²) in [7, 11) is 0. The largest absolute Gasteiger partial charge is 0.308 e. The van der Waals surface area contributed by atoms with Gasteiger partial charge in [0.25, 0.3) is 0 Å². The molecule has 0 atom stereocenters. The number of thiophene rings is 1. The monoisotopic (exact) mass is 296 g/mol. The van der Waals surface area contributed by atoms with Crippen LogP contribution in [0.4, 0.5) is 5.82 Å². The molecule has 0 unspecified atom stereocenters. The number of fused-ring (bicyclic) bond motifs is 1. The molecule has 3 N–H and O–H groups in total. The van der Waals surface area contributed by atoms with E-state index < -0.39 is 0 Å². The molecule has 0 radical (unpaired) electrons. The number of aryl methyl sites for hydroxylation is 2. The molecule has 0 aliphatic heterocycles. The lowest BCUT2D eigenvalue weighted by Gasteiger charge is -2.06. The number of nitrogens with two attached hydrogens (primary N) is 1. The summed E-state index contributed by atoms with van der Waals surface area (Å²) in [6, 6.07) is 0. The molecule has 0 aliphatic carbocycles. The third-order valence-corrected chi connectivity index (χ3v) is 5.23. The second kappa shape index (κ2) is 6.54. The van der Waals surface area contributed by atoms with Gasteiger partial charge in [0.1, 0.15) is 10.7 Å². The number of nitrogens with one attached hydrogen (secondary N) is 1. The molecule has 19 heavy (non-hydrogen) atoms. The average Bonchev–Trinajstić information content (AvgIpc) is 2.69. The summed E-state index contributed by atoms with van der Waals surface area (Å²) < 4.78 is 0. The lowest BCUT2D eigenvalue weighted by Crippen LogP contribution is -2.10. The summed E-state index contributed by atoms with van der Waals surface area (Å²) in [6.07, 6.45) is 2.47. The van der Waals surface area contributed by atoms with Crippen molar-refractivity contribution in [2.24, 2.45) is 5.84 Å². The summed E-state index contributed by atoms with van der Waals surface area (Å²) in [5.41, 5.74) is 3.93.